The Balaban J connectivity index is 2.25. The third kappa shape index (κ3) is 4.19. The highest BCUT2D eigenvalue weighted by Gasteiger charge is 2.38. The summed E-state index contributed by atoms with van der Waals surface area (Å²) in [6.07, 6.45) is 3.24. The highest BCUT2D eigenvalue weighted by atomic mass is 79.9. The molecule has 1 saturated carbocycles. The van der Waals surface area contributed by atoms with Crippen LogP contribution in [-0.4, -0.2) is 11.0 Å². The summed E-state index contributed by atoms with van der Waals surface area (Å²) in [4.78, 5) is 10.9. The molecule has 1 fully saturated rings. The molecule has 0 unspecified atom stereocenters. The molecule has 0 saturated heterocycles. The van der Waals surface area contributed by atoms with Crippen molar-refractivity contribution in [2.45, 2.75) is 53.0 Å². The van der Waals surface area contributed by atoms with E-state index in [1.165, 1.54) is 6.42 Å². The second kappa shape index (κ2) is 5.59. The van der Waals surface area contributed by atoms with Crippen LogP contribution in [0.5, 0.6) is 0 Å². The zero-order valence-electron chi connectivity index (χ0n) is 13.1. The van der Waals surface area contributed by atoms with Gasteiger partial charge in [0.05, 0.1) is 4.92 Å². The Labute approximate surface area is 134 Å². The second-order valence-electron chi connectivity index (χ2n) is 7.67. The van der Waals surface area contributed by atoms with Crippen molar-refractivity contribution in [1.82, 2.24) is 0 Å². The smallest absolute Gasteiger partial charge is 0.292 e. The highest BCUT2D eigenvalue weighted by Crippen LogP contribution is 2.46. The number of hydrogen-bond donors (Lipinski definition) is 1. The van der Waals surface area contributed by atoms with Crippen LogP contribution < -0.4 is 5.32 Å². The minimum absolute atomic E-state index is 0.138. The molecular weight excluding hydrogens is 332 g/mol. The predicted molar refractivity (Wildman–Crippen MR) is 89.6 cm³/mol. The molecule has 0 spiro atoms. The number of rotatable bonds is 3. The number of anilines is 1. The van der Waals surface area contributed by atoms with Gasteiger partial charge in [-0.25, -0.2) is 0 Å². The number of hydrogen-bond acceptors (Lipinski definition) is 3. The van der Waals surface area contributed by atoms with E-state index < -0.39 is 0 Å². The van der Waals surface area contributed by atoms with Gasteiger partial charge in [0, 0.05) is 16.6 Å². The van der Waals surface area contributed by atoms with E-state index in [4.69, 9.17) is 0 Å². The molecule has 116 valence electrons. The third-order valence-corrected chi connectivity index (χ3v) is 4.56. The monoisotopic (exact) mass is 354 g/mol. The summed E-state index contributed by atoms with van der Waals surface area (Å²) in [5.41, 5.74) is 1.24. The summed E-state index contributed by atoms with van der Waals surface area (Å²) in [7, 11) is 0. The van der Waals surface area contributed by atoms with E-state index in [-0.39, 0.29) is 27.5 Å². The molecule has 21 heavy (non-hydrogen) atoms. The number of nitro benzene ring substituents is 1. The third-order valence-electron chi connectivity index (χ3n) is 4.07. The van der Waals surface area contributed by atoms with Crippen LogP contribution in [0.4, 0.5) is 11.4 Å². The van der Waals surface area contributed by atoms with E-state index in [2.05, 4.69) is 48.9 Å². The van der Waals surface area contributed by atoms with Crippen molar-refractivity contribution in [3.8, 4) is 0 Å². The highest BCUT2D eigenvalue weighted by molar-refractivity contribution is 9.10. The summed E-state index contributed by atoms with van der Waals surface area (Å²) < 4.78 is 0.852. The average molecular weight is 355 g/mol. The van der Waals surface area contributed by atoms with Gasteiger partial charge in [0.2, 0.25) is 0 Å². The lowest BCUT2D eigenvalue weighted by Crippen LogP contribution is -2.40. The quantitative estimate of drug-likeness (QED) is 0.585. The summed E-state index contributed by atoms with van der Waals surface area (Å²) in [5.74, 6) is 0. The van der Waals surface area contributed by atoms with Crippen molar-refractivity contribution < 1.29 is 4.92 Å². The van der Waals surface area contributed by atoms with Crippen molar-refractivity contribution in [3.05, 3.63) is 32.8 Å². The fraction of sp³-hybridized carbons (Fsp3) is 0.625. The molecule has 0 bridgehead atoms. The molecule has 2 rings (SSSR count). The number of nitrogens with zero attached hydrogens (tertiary/aromatic N) is 1. The van der Waals surface area contributed by atoms with Gasteiger partial charge in [-0.1, -0.05) is 43.6 Å². The van der Waals surface area contributed by atoms with Crippen molar-refractivity contribution in [2.24, 2.45) is 10.8 Å². The van der Waals surface area contributed by atoms with Crippen LogP contribution in [0.3, 0.4) is 0 Å². The molecule has 1 aliphatic rings. The molecule has 0 radical (unpaired) electrons. The molecule has 1 aromatic rings. The Kier molecular flexibility index (Phi) is 4.34. The van der Waals surface area contributed by atoms with E-state index in [9.17, 15) is 10.1 Å². The molecule has 0 aromatic heterocycles. The van der Waals surface area contributed by atoms with Crippen LogP contribution in [0.15, 0.2) is 22.7 Å². The Morgan fingerprint density at radius 1 is 1.24 bits per heavy atom. The first-order valence-electron chi connectivity index (χ1n) is 7.29. The summed E-state index contributed by atoms with van der Waals surface area (Å²) in [6, 6.07) is 5.31. The maximum absolute atomic E-state index is 11.2. The lowest BCUT2D eigenvalue weighted by atomic mass is 9.63. The molecule has 4 nitrogen and oxygen atoms in total. The van der Waals surface area contributed by atoms with Crippen LogP contribution in [0.25, 0.3) is 0 Å². The zero-order valence-corrected chi connectivity index (χ0v) is 14.7. The first kappa shape index (κ1) is 16.3. The van der Waals surface area contributed by atoms with Crippen LogP contribution in [-0.2, 0) is 0 Å². The molecule has 1 aromatic carbocycles. The van der Waals surface area contributed by atoms with Crippen LogP contribution in [0.2, 0.25) is 0 Å². The summed E-state index contributed by atoms with van der Waals surface area (Å²) >= 11 is 3.39. The van der Waals surface area contributed by atoms with Crippen molar-refractivity contribution >= 4 is 27.3 Å². The maximum atomic E-state index is 11.2. The van der Waals surface area contributed by atoms with Crippen molar-refractivity contribution in [3.63, 3.8) is 0 Å². The van der Waals surface area contributed by atoms with Gasteiger partial charge in [0.1, 0.15) is 5.69 Å². The fourth-order valence-electron chi connectivity index (χ4n) is 3.95. The SMILES string of the molecule is CC1(C)CC(Nc2cc(Br)ccc2[N+](=O)[O-])CC(C)(C)C1. The van der Waals surface area contributed by atoms with Crippen molar-refractivity contribution in [1.29, 1.82) is 0 Å². The van der Waals surface area contributed by atoms with Gasteiger partial charge in [0.15, 0.2) is 0 Å². The number of benzene rings is 1. The van der Waals surface area contributed by atoms with Crippen LogP contribution in [0, 0.1) is 20.9 Å². The summed E-state index contributed by atoms with van der Waals surface area (Å²) in [6.45, 7) is 9.10. The Hall–Kier alpha value is -1.10. The molecular formula is C16H23BrN2O2. The lowest BCUT2D eigenvalue weighted by Gasteiger charge is -2.45. The topological polar surface area (TPSA) is 55.2 Å². The van der Waals surface area contributed by atoms with Crippen LogP contribution in [0.1, 0.15) is 47.0 Å². The molecule has 0 amide bonds. The lowest BCUT2D eigenvalue weighted by molar-refractivity contribution is -0.384. The first-order valence-corrected chi connectivity index (χ1v) is 8.08. The average Bonchev–Trinajstić information content (AvgIpc) is 2.23. The fourth-order valence-corrected chi connectivity index (χ4v) is 4.31. The van der Waals surface area contributed by atoms with E-state index in [0.717, 1.165) is 17.3 Å². The van der Waals surface area contributed by atoms with E-state index >= 15 is 0 Å². The van der Waals surface area contributed by atoms with E-state index in [1.54, 1.807) is 18.2 Å². The van der Waals surface area contributed by atoms with Gasteiger partial charge in [-0.3, -0.25) is 10.1 Å². The number of nitro groups is 1. The van der Waals surface area contributed by atoms with Gasteiger partial charge < -0.3 is 5.32 Å². The second-order valence-corrected chi connectivity index (χ2v) is 8.59. The minimum Gasteiger partial charge on any atom is -0.377 e. The van der Waals surface area contributed by atoms with E-state index in [0.29, 0.717) is 5.69 Å². The Morgan fingerprint density at radius 3 is 2.33 bits per heavy atom. The zero-order chi connectivity index (χ0) is 15.8. The predicted octanol–water partition coefficient (Wildman–Crippen LogP) is 5.37. The van der Waals surface area contributed by atoms with Gasteiger partial charge >= 0.3 is 0 Å². The number of halogens is 1. The van der Waals surface area contributed by atoms with Gasteiger partial charge in [-0.2, -0.15) is 0 Å². The minimum atomic E-state index is -0.326. The summed E-state index contributed by atoms with van der Waals surface area (Å²) in [5, 5.41) is 14.6. The Morgan fingerprint density at radius 2 is 1.81 bits per heavy atom. The standard InChI is InChI=1S/C16H23BrN2O2/c1-15(2)8-12(9-16(3,4)10-15)18-13-7-11(17)5-6-14(13)19(20)21/h5-7,12,18H,8-10H2,1-4H3. The Bertz CT molecular complexity index is 539. The first-order chi connectivity index (χ1) is 9.58. The van der Waals surface area contributed by atoms with Crippen molar-refractivity contribution in [2.75, 3.05) is 5.32 Å². The molecule has 1 aliphatic carbocycles. The molecule has 0 atom stereocenters. The number of nitrogens with one attached hydrogen (secondary N) is 1. The van der Waals surface area contributed by atoms with Crippen LogP contribution >= 0.6 is 15.9 Å². The normalized spacial score (nSPS) is 21.0. The maximum Gasteiger partial charge on any atom is 0.292 e. The molecule has 1 N–H and O–H groups in total. The largest absolute Gasteiger partial charge is 0.377 e. The van der Waals surface area contributed by atoms with Gasteiger partial charge in [-0.15, -0.1) is 0 Å². The van der Waals surface area contributed by atoms with E-state index in [1.807, 2.05) is 0 Å². The molecule has 5 heteroatoms. The van der Waals surface area contributed by atoms with Gasteiger partial charge in [-0.05, 0) is 42.2 Å². The molecule has 0 heterocycles. The van der Waals surface area contributed by atoms with Gasteiger partial charge in [0.25, 0.3) is 5.69 Å². The molecule has 0 aliphatic heterocycles.